The normalized spacial score (nSPS) is 5.47. The van der Waals surface area contributed by atoms with Gasteiger partial charge in [0.25, 0.3) is 0 Å². The Morgan fingerprint density at radius 1 is 1.00 bits per heavy atom. The predicted octanol–water partition coefficient (Wildman–Crippen LogP) is -9.49. The van der Waals surface area contributed by atoms with Crippen LogP contribution in [-0.4, -0.2) is 39.4 Å². The molecule has 0 aromatic rings. The van der Waals surface area contributed by atoms with E-state index in [0.29, 0.717) is 0 Å². The Morgan fingerprint density at radius 2 is 1.00 bits per heavy atom. The van der Waals surface area contributed by atoms with E-state index in [-0.39, 0.29) is 193 Å². The number of hydrogen-bond donors (Lipinski definition) is 4. The van der Waals surface area contributed by atoms with Crippen LogP contribution in [0.1, 0.15) is 4.28 Å². The summed E-state index contributed by atoms with van der Waals surface area (Å²) in [5.74, 6) is 0. The second-order valence-electron chi connectivity index (χ2n) is 0.730. The molecule has 89 valence electrons. The molecule has 0 heterocycles. The van der Waals surface area contributed by atoms with Gasteiger partial charge in [0, 0.05) is 17.1 Å². The summed E-state index contributed by atoms with van der Waals surface area (Å²) in [5, 5.41) is 13.9. The molecule has 0 aliphatic heterocycles. The van der Waals surface area contributed by atoms with Crippen LogP contribution in [-0.2, 0) is 27.5 Å². The number of carbonyl (C=O) groups is 1. The van der Waals surface area contributed by atoms with Gasteiger partial charge in [0.2, 0.25) is 0 Å². The third kappa shape index (κ3) is 229. The molecular weight excluding hydrogens is 388 g/mol. The van der Waals surface area contributed by atoms with Gasteiger partial charge in [-0.15, -0.1) is 12.4 Å². The topological polar surface area (TPSA) is 164 Å². The molecule has 14 heteroatoms. The SMILES string of the molecule is Cl.O.O=C(O)O.O=S(=O)(O)O.[Cu].[H-].[H-].[H-].[K+].[K+].[K+]. The molecule has 0 spiro atoms. The van der Waals surface area contributed by atoms with Crippen LogP contribution in [0.25, 0.3) is 0 Å². The molecule has 15 heavy (non-hydrogen) atoms. The molecule has 0 saturated heterocycles. The van der Waals surface area contributed by atoms with Crippen molar-refractivity contribution < 1.29 is 214 Å². The minimum Gasteiger partial charge on any atom is -1.00 e. The fourth-order valence-corrected chi connectivity index (χ4v) is 0. The first kappa shape index (κ1) is 50.2. The van der Waals surface area contributed by atoms with Gasteiger partial charge in [-0.1, -0.05) is 0 Å². The number of carboxylic acid groups (broad SMARTS) is 2. The monoisotopic (exact) mass is 397 g/mol. The Labute approximate surface area is 236 Å². The summed E-state index contributed by atoms with van der Waals surface area (Å²) >= 11 is 0. The van der Waals surface area contributed by atoms with Crippen LogP contribution in [0.4, 0.5) is 4.79 Å². The first-order valence-corrected chi connectivity index (χ1v) is 2.75. The van der Waals surface area contributed by atoms with Crippen molar-refractivity contribution in [1.82, 2.24) is 0 Å². The van der Waals surface area contributed by atoms with E-state index >= 15 is 0 Å². The molecule has 0 saturated carbocycles. The molecule has 0 bridgehead atoms. The first-order valence-electron chi connectivity index (χ1n) is 1.35. The van der Waals surface area contributed by atoms with E-state index in [1.54, 1.807) is 0 Å². The Kier molecular flexibility index (Phi) is 105. The fourth-order valence-electron chi connectivity index (χ4n) is 0. The molecule has 8 nitrogen and oxygen atoms in total. The van der Waals surface area contributed by atoms with E-state index in [1.165, 1.54) is 0 Å². The van der Waals surface area contributed by atoms with E-state index in [9.17, 15) is 0 Å². The van der Waals surface area contributed by atoms with E-state index in [0.717, 1.165) is 0 Å². The second-order valence-corrected chi connectivity index (χ2v) is 1.63. The van der Waals surface area contributed by atoms with Crippen molar-refractivity contribution >= 4 is 29.0 Å². The molecule has 0 atom stereocenters. The zero-order valence-corrected chi connectivity index (χ0v) is 20.1. The summed E-state index contributed by atoms with van der Waals surface area (Å²) in [4.78, 5) is 8.56. The third-order valence-corrected chi connectivity index (χ3v) is 0. The molecule has 0 unspecified atom stereocenters. The Morgan fingerprint density at radius 3 is 1.00 bits per heavy atom. The molecule has 0 aliphatic carbocycles. The van der Waals surface area contributed by atoms with Gasteiger partial charge in [0.15, 0.2) is 0 Å². The molecule has 0 aromatic heterocycles. The van der Waals surface area contributed by atoms with Crippen molar-refractivity contribution in [3.05, 3.63) is 0 Å². The van der Waals surface area contributed by atoms with Gasteiger partial charge in [0.1, 0.15) is 0 Å². The quantitative estimate of drug-likeness (QED) is 0.232. The molecule has 1 radical (unpaired) electrons. The van der Waals surface area contributed by atoms with E-state index < -0.39 is 16.6 Å². The van der Waals surface area contributed by atoms with Crippen molar-refractivity contribution in [2.24, 2.45) is 0 Å². The number of hydrogen-bond acceptors (Lipinski definition) is 3. The second kappa shape index (κ2) is 31.3. The fraction of sp³-hybridized carbons (Fsp3) is 0. The maximum Gasteiger partial charge on any atom is 1.00 e. The predicted molar refractivity (Wildman–Crippen MR) is 39.0 cm³/mol. The zero-order valence-electron chi connectivity index (χ0n) is 11.1. The minimum atomic E-state index is -4.67. The Hall–Kier alpha value is 4.82. The summed E-state index contributed by atoms with van der Waals surface area (Å²) in [6, 6.07) is 0. The summed E-state index contributed by atoms with van der Waals surface area (Å²) in [6.07, 6.45) is -1.83. The average molecular weight is 398 g/mol. The third-order valence-electron chi connectivity index (χ3n) is 0. The van der Waals surface area contributed by atoms with Gasteiger partial charge in [-0.3, -0.25) is 9.11 Å². The van der Waals surface area contributed by atoms with Gasteiger partial charge in [-0.25, -0.2) is 4.79 Å². The molecule has 0 amide bonds. The standard InChI is InChI=1S/CH2O3.ClH.Cu.3K.H2O4S.H2O.3H/c2-1(3)4;;;;;;1-5(2,3)4;;;;/h(H2,2,3,4);1H;;;;;(H2,1,2,3,4);1H2;;;/q;;;3*+1;;;3*-1. The molecule has 0 rings (SSSR count). The average Bonchev–Trinajstić information content (AvgIpc) is 1.19. The van der Waals surface area contributed by atoms with Gasteiger partial charge >= 0.3 is 171 Å². The Bertz CT molecular complexity index is 184. The van der Waals surface area contributed by atoms with E-state index in [1.807, 2.05) is 0 Å². The van der Waals surface area contributed by atoms with Crippen LogP contribution in [0.2, 0.25) is 0 Å². The Balaban J connectivity index is -0.00000000406. The zero-order chi connectivity index (χ0) is 8.08. The van der Waals surface area contributed by atoms with E-state index in [2.05, 4.69) is 0 Å². The van der Waals surface area contributed by atoms with Crippen LogP contribution in [0.3, 0.4) is 0 Å². The number of rotatable bonds is 0. The van der Waals surface area contributed by atoms with Crippen molar-refractivity contribution in [2.75, 3.05) is 0 Å². The molecule has 6 N–H and O–H groups in total. The number of halogens is 1. The van der Waals surface area contributed by atoms with Crippen molar-refractivity contribution in [3.8, 4) is 0 Å². The van der Waals surface area contributed by atoms with Crippen molar-refractivity contribution in [3.63, 3.8) is 0 Å². The maximum atomic E-state index is 8.74. The summed E-state index contributed by atoms with van der Waals surface area (Å²) in [5.41, 5.74) is 0. The van der Waals surface area contributed by atoms with Crippen LogP contribution >= 0.6 is 12.4 Å². The van der Waals surface area contributed by atoms with Crippen LogP contribution in [0, 0.1) is 0 Å². The minimum absolute atomic E-state index is 0. The summed E-state index contributed by atoms with van der Waals surface area (Å²) in [6.45, 7) is 0. The van der Waals surface area contributed by atoms with Gasteiger partial charge in [0.05, 0.1) is 0 Å². The van der Waals surface area contributed by atoms with Crippen LogP contribution < -0.4 is 154 Å². The van der Waals surface area contributed by atoms with Crippen LogP contribution in [0.5, 0.6) is 0 Å². The van der Waals surface area contributed by atoms with Gasteiger partial charge in [-0.05, 0) is 0 Å². The molecule has 0 aliphatic rings. The van der Waals surface area contributed by atoms with Crippen LogP contribution in [0.15, 0.2) is 0 Å². The molecular formula is CH10ClCuK3O8S. The van der Waals surface area contributed by atoms with E-state index in [4.69, 9.17) is 32.5 Å². The maximum absolute atomic E-state index is 8.74. The molecule has 0 aromatic carbocycles. The first-order chi connectivity index (χ1) is 3.73. The smallest absolute Gasteiger partial charge is 1.00 e. The van der Waals surface area contributed by atoms with Crippen molar-refractivity contribution in [2.45, 2.75) is 0 Å². The summed E-state index contributed by atoms with van der Waals surface area (Å²) < 4.78 is 31.6. The van der Waals surface area contributed by atoms with Crippen molar-refractivity contribution in [1.29, 1.82) is 0 Å². The largest absolute Gasteiger partial charge is 1.00 e. The van der Waals surface area contributed by atoms with Gasteiger partial charge in [-0.2, -0.15) is 8.42 Å². The summed E-state index contributed by atoms with van der Waals surface area (Å²) in [7, 11) is -4.67. The molecule has 0 fully saturated rings. The van der Waals surface area contributed by atoms with Gasteiger partial charge < -0.3 is 20.0 Å².